The van der Waals surface area contributed by atoms with Crippen molar-refractivity contribution in [1.82, 2.24) is 29.7 Å². The summed E-state index contributed by atoms with van der Waals surface area (Å²) in [5.74, 6) is 1.51. The van der Waals surface area contributed by atoms with Crippen molar-refractivity contribution in [3.8, 4) is 16.9 Å². The van der Waals surface area contributed by atoms with Crippen LogP contribution < -0.4 is 25.6 Å². The molecule has 3 aromatic heterocycles. The number of anilines is 5. The van der Waals surface area contributed by atoms with Gasteiger partial charge in [0.05, 0.1) is 49.4 Å². The molecule has 1 saturated heterocycles. The van der Waals surface area contributed by atoms with Crippen molar-refractivity contribution in [2.75, 3.05) is 62.3 Å². The predicted molar refractivity (Wildman–Crippen MR) is 170 cm³/mol. The van der Waals surface area contributed by atoms with Gasteiger partial charge in [0.15, 0.2) is 5.82 Å². The number of hydrogen-bond donors (Lipinski definition) is 2. The SMILES string of the molecule is COc1cc(N2CCOCC2)c(-c2cnn(C)c2)cc1Nc1ncc(Cl)c(Nc2ccc3nccnc3c2P(C)C)n1. The first-order chi connectivity index (χ1) is 20.4. The van der Waals surface area contributed by atoms with Gasteiger partial charge in [0.2, 0.25) is 5.95 Å². The van der Waals surface area contributed by atoms with Crippen LogP contribution in [0.5, 0.6) is 5.75 Å². The van der Waals surface area contributed by atoms with Crippen LogP contribution in [0.1, 0.15) is 0 Å². The third-order valence-electron chi connectivity index (χ3n) is 6.99. The van der Waals surface area contributed by atoms with Gasteiger partial charge in [0, 0.05) is 72.6 Å². The normalized spacial score (nSPS) is 13.5. The van der Waals surface area contributed by atoms with Crippen LogP contribution in [0.25, 0.3) is 22.2 Å². The fourth-order valence-electron chi connectivity index (χ4n) is 5.03. The van der Waals surface area contributed by atoms with E-state index in [4.69, 9.17) is 26.1 Å². The molecule has 0 radical (unpaired) electrons. The highest BCUT2D eigenvalue weighted by atomic mass is 35.5. The van der Waals surface area contributed by atoms with Crippen molar-refractivity contribution >= 4 is 64.7 Å². The Hall–Kier alpha value is -4.05. The van der Waals surface area contributed by atoms with E-state index in [9.17, 15) is 0 Å². The standard InChI is InChI=1S/C29H31ClN9O2P/c1-38-17-18(15-34-38)19-13-23(25(40-2)14-24(19)39-9-11-41-12-10-39)36-29-33-16-20(30)28(37-29)35-22-6-5-21-26(27(22)42(3)4)32-8-7-31-21/h5-8,13-17H,9-12H2,1-4H3,(H2,33,35,36,37). The number of benzene rings is 2. The Morgan fingerprint density at radius 1 is 1.00 bits per heavy atom. The van der Waals surface area contributed by atoms with Crippen LogP contribution >= 0.6 is 19.5 Å². The monoisotopic (exact) mass is 603 g/mol. The number of halogens is 1. The lowest BCUT2D eigenvalue weighted by Gasteiger charge is -2.31. The summed E-state index contributed by atoms with van der Waals surface area (Å²) in [7, 11) is 3.05. The van der Waals surface area contributed by atoms with E-state index in [1.807, 2.05) is 43.7 Å². The number of fused-ring (bicyclic) bond motifs is 1. The molecule has 0 amide bonds. The second-order valence-electron chi connectivity index (χ2n) is 9.99. The summed E-state index contributed by atoms with van der Waals surface area (Å²) in [6, 6.07) is 8.03. The van der Waals surface area contributed by atoms with E-state index in [2.05, 4.69) is 48.9 Å². The first-order valence-electron chi connectivity index (χ1n) is 13.4. The van der Waals surface area contributed by atoms with E-state index in [1.54, 1.807) is 30.4 Å². The molecule has 216 valence electrons. The summed E-state index contributed by atoms with van der Waals surface area (Å²) < 4.78 is 13.2. The quantitative estimate of drug-likeness (QED) is 0.230. The van der Waals surface area contributed by atoms with Crippen molar-refractivity contribution in [2.24, 2.45) is 7.05 Å². The van der Waals surface area contributed by atoms with Gasteiger partial charge in [0.25, 0.3) is 0 Å². The van der Waals surface area contributed by atoms with Gasteiger partial charge in [0.1, 0.15) is 10.8 Å². The van der Waals surface area contributed by atoms with Crippen LogP contribution in [0.4, 0.5) is 28.8 Å². The molecular weight excluding hydrogens is 573 g/mol. The highest BCUT2D eigenvalue weighted by Crippen LogP contribution is 2.41. The number of morpholine rings is 1. The summed E-state index contributed by atoms with van der Waals surface area (Å²) in [5.41, 5.74) is 6.38. The van der Waals surface area contributed by atoms with E-state index < -0.39 is 7.92 Å². The molecule has 5 aromatic rings. The Kier molecular flexibility index (Phi) is 8.06. The molecule has 1 aliphatic rings. The molecule has 2 aromatic carbocycles. The van der Waals surface area contributed by atoms with Gasteiger partial charge in [-0.15, -0.1) is 0 Å². The summed E-state index contributed by atoms with van der Waals surface area (Å²) in [6.07, 6.45) is 8.85. The Bertz CT molecular complexity index is 1740. The minimum absolute atomic E-state index is 0.369. The van der Waals surface area contributed by atoms with Gasteiger partial charge in [-0.3, -0.25) is 14.6 Å². The van der Waals surface area contributed by atoms with E-state index in [0.29, 0.717) is 41.4 Å². The van der Waals surface area contributed by atoms with Crippen LogP contribution in [0.15, 0.2) is 55.2 Å². The lowest BCUT2D eigenvalue weighted by atomic mass is 10.0. The van der Waals surface area contributed by atoms with E-state index in [0.717, 1.165) is 51.9 Å². The second-order valence-corrected chi connectivity index (χ2v) is 12.6. The van der Waals surface area contributed by atoms with Crippen molar-refractivity contribution in [1.29, 1.82) is 0 Å². The number of aryl methyl sites for hydroxylation is 1. The molecule has 1 fully saturated rings. The Labute approximate surface area is 250 Å². The van der Waals surface area contributed by atoms with Gasteiger partial charge in [-0.05, 0) is 31.5 Å². The molecule has 42 heavy (non-hydrogen) atoms. The third kappa shape index (κ3) is 5.68. The fraction of sp³-hybridized carbons (Fsp3) is 0.276. The molecule has 0 aliphatic carbocycles. The molecule has 11 nitrogen and oxygen atoms in total. The van der Waals surface area contributed by atoms with Gasteiger partial charge < -0.3 is 25.0 Å². The van der Waals surface area contributed by atoms with Crippen molar-refractivity contribution in [2.45, 2.75) is 0 Å². The van der Waals surface area contributed by atoms with Gasteiger partial charge in [-0.25, -0.2) is 4.98 Å². The highest BCUT2D eigenvalue weighted by Gasteiger charge is 2.21. The number of ether oxygens (including phenoxy) is 2. The maximum atomic E-state index is 6.58. The van der Waals surface area contributed by atoms with E-state index in [1.165, 1.54) is 0 Å². The minimum atomic E-state index is -0.511. The number of aromatic nitrogens is 6. The smallest absolute Gasteiger partial charge is 0.229 e. The van der Waals surface area contributed by atoms with Gasteiger partial charge in [-0.2, -0.15) is 10.1 Å². The lowest BCUT2D eigenvalue weighted by molar-refractivity contribution is 0.122. The summed E-state index contributed by atoms with van der Waals surface area (Å²) in [4.78, 5) is 20.6. The van der Waals surface area contributed by atoms with Crippen molar-refractivity contribution in [3.05, 3.63) is 60.3 Å². The average molecular weight is 604 g/mol. The second kappa shape index (κ2) is 12.1. The molecule has 0 saturated carbocycles. The molecule has 0 unspecified atom stereocenters. The fourth-order valence-corrected chi connectivity index (χ4v) is 6.38. The molecule has 4 heterocycles. The van der Waals surface area contributed by atoms with E-state index >= 15 is 0 Å². The lowest BCUT2D eigenvalue weighted by Crippen LogP contribution is -2.36. The first kappa shape index (κ1) is 28.1. The summed E-state index contributed by atoms with van der Waals surface area (Å²) in [6.45, 7) is 7.30. The van der Waals surface area contributed by atoms with Crippen LogP contribution in [0.3, 0.4) is 0 Å². The molecule has 0 bridgehead atoms. The Morgan fingerprint density at radius 2 is 1.81 bits per heavy atom. The first-order valence-corrected chi connectivity index (χ1v) is 16.0. The highest BCUT2D eigenvalue weighted by molar-refractivity contribution is 7.65. The summed E-state index contributed by atoms with van der Waals surface area (Å²) in [5, 5.41) is 12.7. The molecule has 13 heteroatoms. The predicted octanol–water partition coefficient (Wildman–Crippen LogP) is 5.17. The zero-order chi connectivity index (χ0) is 29.2. The van der Waals surface area contributed by atoms with Crippen LogP contribution in [-0.2, 0) is 11.8 Å². The van der Waals surface area contributed by atoms with Gasteiger partial charge >= 0.3 is 0 Å². The van der Waals surface area contributed by atoms with Crippen LogP contribution in [-0.4, -0.2) is 76.5 Å². The minimum Gasteiger partial charge on any atom is -0.494 e. The molecule has 2 N–H and O–H groups in total. The Balaban J connectivity index is 1.37. The molecule has 0 spiro atoms. The van der Waals surface area contributed by atoms with Crippen LogP contribution in [0, 0.1) is 0 Å². The summed E-state index contributed by atoms with van der Waals surface area (Å²) >= 11 is 6.58. The molecule has 0 atom stereocenters. The van der Waals surface area contributed by atoms with Gasteiger partial charge in [-0.1, -0.05) is 19.5 Å². The number of nitrogens with one attached hydrogen (secondary N) is 2. The topological polar surface area (TPSA) is 115 Å². The largest absolute Gasteiger partial charge is 0.494 e. The maximum Gasteiger partial charge on any atom is 0.229 e. The maximum absolute atomic E-state index is 6.58. The third-order valence-corrected chi connectivity index (χ3v) is 8.61. The van der Waals surface area contributed by atoms with Crippen molar-refractivity contribution < 1.29 is 9.47 Å². The molecule has 6 rings (SSSR count). The number of hydrogen-bond acceptors (Lipinski definition) is 10. The molecule has 1 aliphatic heterocycles. The van der Waals surface area contributed by atoms with E-state index in [-0.39, 0.29) is 0 Å². The number of methoxy groups -OCH3 is 1. The Morgan fingerprint density at radius 3 is 2.55 bits per heavy atom. The number of nitrogens with zero attached hydrogens (tertiary/aromatic N) is 7. The average Bonchev–Trinajstić information content (AvgIpc) is 3.44. The zero-order valence-corrected chi connectivity index (χ0v) is 25.4. The van der Waals surface area contributed by atoms with Crippen LogP contribution in [0.2, 0.25) is 5.02 Å². The molecular formula is C29H31ClN9O2P. The zero-order valence-electron chi connectivity index (χ0n) is 23.8. The van der Waals surface area contributed by atoms with Crippen molar-refractivity contribution in [3.63, 3.8) is 0 Å². The number of rotatable bonds is 8.